The van der Waals surface area contributed by atoms with Crippen molar-refractivity contribution in [3.05, 3.63) is 89.1 Å². The quantitative estimate of drug-likeness (QED) is 0.169. The van der Waals surface area contributed by atoms with Crippen molar-refractivity contribution in [2.45, 2.75) is 38.3 Å². The van der Waals surface area contributed by atoms with Crippen LogP contribution < -0.4 is 21.1 Å². The van der Waals surface area contributed by atoms with E-state index in [0.29, 0.717) is 22.0 Å². The number of benzene rings is 2. The number of carbonyl (C=O) groups is 4. The number of hydrogen-bond acceptors (Lipinski definition) is 6. The summed E-state index contributed by atoms with van der Waals surface area (Å²) >= 11 is 6.16. The lowest BCUT2D eigenvalue weighted by molar-refractivity contribution is -0.137. The average molecular weight is 581 g/mol. The lowest BCUT2D eigenvalue weighted by atomic mass is 10.0. The van der Waals surface area contributed by atoms with Gasteiger partial charge in [0.15, 0.2) is 0 Å². The largest absolute Gasteiger partial charge is 0.496 e. The fourth-order valence-electron chi connectivity index (χ4n) is 4.05. The van der Waals surface area contributed by atoms with Crippen molar-refractivity contribution in [3.8, 4) is 17.0 Å². The molecule has 216 valence electrons. The Morgan fingerprint density at radius 1 is 1.05 bits per heavy atom. The highest BCUT2D eigenvalue weighted by molar-refractivity contribution is 6.31. The van der Waals surface area contributed by atoms with Crippen molar-refractivity contribution in [1.29, 1.82) is 0 Å². The molecule has 0 unspecified atom stereocenters. The van der Waals surface area contributed by atoms with Gasteiger partial charge in [0.2, 0.25) is 11.8 Å². The van der Waals surface area contributed by atoms with Gasteiger partial charge >= 0.3 is 5.97 Å². The molecule has 1 aromatic heterocycles. The molecule has 3 rings (SSSR count). The number of hydrogen-bond donors (Lipinski definition) is 4. The highest BCUT2D eigenvalue weighted by atomic mass is 35.5. The van der Waals surface area contributed by atoms with Gasteiger partial charge in [0.05, 0.1) is 13.7 Å². The summed E-state index contributed by atoms with van der Waals surface area (Å²) in [6, 6.07) is 16.0. The van der Waals surface area contributed by atoms with E-state index < -0.39 is 35.8 Å². The van der Waals surface area contributed by atoms with Gasteiger partial charge < -0.3 is 30.8 Å². The van der Waals surface area contributed by atoms with E-state index in [4.69, 9.17) is 26.8 Å². The van der Waals surface area contributed by atoms with E-state index in [1.165, 1.54) is 19.3 Å². The smallest absolute Gasteiger partial charge is 0.330 e. The fraction of sp³-hybridized carbons (Fsp3) is 0.267. The molecule has 1 heterocycles. The molecule has 5 N–H and O–H groups in total. The topological polar surface area (TPSA) is 153 Å². The lowest BCUT2D eigenvalue weighted by Crippen LogP contribution is -2.50. The molecule has 11 heteroatoms. The molecule has 0 spiro atoms. The predicted molar refractivity (Wildman–Crippen MR) is 155 cm³/mol. The number of nitrogens with one attached hydrogen (secondary N) is 3. The zero-order valence-electron chi connectivity index (χ0n) is 22.8. The number of carbonyl (C=O) groups excluding carboxylic acids is 4. The number of nitrogens with two attached hydrogens (primary N) is 1. The first kappa shape index (κ1) is 31.0. The van der Waals surface area contributed by atoms with Gasteiger partial charge in [0, 0.05) is 41.2 Å². The van der Waals surface area contributed by atoms with E-state index in [0.717, 1.165) is 5.56 Å². The second kappa shape index (κ2) is 15.3. The Morgan fingerprint density at radius 2 is 1.80 bits per heavy atom. The molecule has 2 atom stereocenters. The summed E-state index contributed by atoms with van der Waals surface area (Å²) in [5, 5.41) is 6.10. The van der Waals surface area contributed by atoms with E-state index in [1.54, 1.807) is 37.3 Å². The summed E-state index contributed by atoms with van der Waals surface area (Å²) in [5.41, 5.74) is 7.61. The minimum Gasteiger partial charge on any atom is -0.496 e. The van der Waals surface area contributed by atoms with E-state index in [9.17, 15) is 19.2 Å². The fourth-order valence-corrected chi connectivity index (χ4v) is 4.23. The van der Waals surface area contributed by atoms with Crippen LogP contribution in [0.15, 0.2) is 72.8 Å². The van der Waals surface area contributed by atoms with Crippen molar-refractivity contribution in [1.82, 2.24) is 15.6 Å². The maximum Gasteiger partial charge on any atom is 0.330 e. The second-order valence-corrected chi connectivity index (χ2v) is 9.51. The summed E-state index contributed by atoms with van der Waals surface area (Å²) in [6.45, 7) is 1.87. The van der Waals surface area contributed by atoms with Crippen LogP contribution in [0.5, 0.6) is 5.75 Å². The Labute approximate surface area is 243 Å². The third-order valence-corrected chi connectivity index (χ3v) is 6.30. The summed E-state index contributed by atoms with van der Waals surface area (Å²) < 4.78 is 10.3. The van der Waals surface area contributed by atoms with Crippen LogP contribution in [0.2, 0.25) is 5.02 Å². The Morgan fingerprint density at radius 3 is 2.49 bits per heavy atom. The molecule has 0 fully saturated rings. The number of methoxy groups -OCH3 is 1. The van der Waals surface area contributed by atoms with Crippen LogP contribution in [-0.4, -0.2) is 54.5 Å². The molecule has 2 aromatic carbocycles. The Balaban J connectivity index is 1.82. The monoisotopic (exact) mass is 580 g/mol. The maximum atomic E-state index is 13.5. The van der Waals surface area contributed by atoms with Gasteiger partial charge in [0.1, 0.15) is 17.5 Å². The normalized spacial score (nSPS) is 12.4. The minimum atomic E-state index is -0.982. The lowest BCUT2D eigenvalue weighted by Gasteiger charge is -2.22. The molecular weight excluding hydrogens is 548 g/mol. The SMILES string of the molecule is CCOC(=O)C=C[C@H](CCC(N)=O)NC(=O)[C@H](Cc1ccccc1)NC(=O)c1ccc(-c2cc(Cl)ccc2OC)[nH]1. The van der Waals surface area contributed by atoms with Gasteiger partial charge in [-0.05, 0) is 49.2 Å². The first-order valence-corrected chi connectivity index (χ1v) is 13.4. The molecule has 0 radical (unpaired) electrons. The van der Waals surface area contributed by atoms with Crippen LogP contribution >= 0.6 is 11.6 Å². The Bertz CT molecular complexity index is 1390. The third-order valence-electron chi connectivity index (χ3n) is 6.07. The Hall–Kier alpha value is -4.57. The first-order valence-electron chi connectivity index (χ1n) is 13.0. The molecule has 0 saturated carbocycles. The van der Waals surface area contributed by atoms with Crippen LogP contribution in [0.1, 0.15) is 35.8 Å². The standard InChI is InChI=1S/C30H33ClN4O6/c1-3-41-28(37)16-11-21(10-15-27(32)36)33-30(39)25(17-19-7-5-4-6-8-19)35-29(38)24-13-12-23(34-24)22-18-20(31)9-14-26(22)40-2/h4-9,11-14,16,18,21,25,34H,3,10,15,17H2,1-2H3,(H2,32,36)(H,33,39)(H,35,38)/t21-,25-/m0/s1. The number of H-pyrrole nitrogens is 1. The number of rotatable bonds is 14. The molecule has 0 aliphatic carbocycles. The van der Waals surface area contributed by atoms with Crippen LogP contribution in [0.4, 0.5) is 0 Å². The zero-order valence-corrected chi connectivity index (χ0v) is 23.6. The Kier molecular flexibility index (Phi) is 11.5. The van der Waals surface area contributed by atoms with Crippen molar-refractivity contribution in [2.75, 3.05) is 13.7 Å². The number of primary amides is 1. The van der Waals surface area contributed by atoms with E-state index in [1.807, 2.05) is 30.3 Å². The van der Waals surface area contributed by atoms with Crippen LogP contribution in [0, 0.1) is 0 Å². The van der Waals surface area contributed by atoms with Gasteiger partial charge in [-0.25, -0.2) is 4.79 Å². The zero-order chi connectivity index (χ0) is 29.8. The number of amides is 3. The molecule has 3 aromatic rings. The number of aromatic amines is 1. The van der Waals surface area contributed by atoms with Gasteiger partial charge in [-0.1, -0.05) is 48.0 Å². The average Bonchev–Trinajstić information content (AvgIpc) is 3.45. The summed E-state index contributed by atoms with van der Waals surface area (Å²) in [4.78, 5) is 53.0. The molecule has 41 heavy (non-hydrogen) atoms. The number of ether oxygens (including phenoxy) is 2. The van der Waals surface area contributed by atoms with Crippen LogP contribution in [0.3, 0.4) is 0 Å². The highest BCUT2D eigenvalue weighted by Crippen LogP contribution is 2.32. The molecule has 0 saturated heterocycles. The summed E-state index contributed by atoms with van der Waals surface area (Å²) in [7, 11) is 1.54. The van der Waals surface area contributed by atoms with Crippen LogP contribution in [-0.2, 0) is 25.5 Å². The van der Waals surface area contributed by atoms with Gasteiger partial charge in [-0.2, -0.15) is 0 Å². The number of aromatic nitrogens is 1. The molecule has 10 nitrogen and oxygen atoms in total. The summed E-state index contributed by atoms with van der Waals surface area (Å²) in [5.74, 6) is -1.58. The van der Waals surface area contributed by atoms with Crippen LogP contribution in [0.25, 0.3) is 11.3 Å². The van der Waals surface area contributed by atoms with E-state index >= 15 is 0 Å². The van der Waals surface area contributed by atoms with Gasteiger partial charge in [0.25, 0.3) is 5.91 Å². The first-order chi connectivity index (χ1) is 19.7. The number of esters is 1. The van der Waals surface area contributed by atoms with Crippen molar-refractivity contribution < 1.29 is 28.7 Å². The maximum absolute atomic E-state index is 13.5. The molecule has 0 bridgehead atoms. The van der Waals surface area contributed by atoms with Crippen molar-refractivity contribution in [2.24, 2.45) is 5.73 Å². The predicted octanol–water partition coefficient (Wildman–Crippen LogP) is 3.55. The van der Waals surface area contributed by atoms with Gasteiger partial charge in [-0.3, -0.25) is 14.4 Å². The third kappa shape index (κ3) is 9.54. The molecule has 3 amide bonds. The summed E-state index contributed by atoms with van der Waals surface area (Å²) in [6.07, 6.45) is 2.95. The highest BCUT2D eigenvalue weighted by Gasteiger charge is 2.25. The number of halogens is 1. The van der Waals surface area contributed by atoms with E-state index in [-0.39, 0.29) is 31.6 Å². The molecule has 0 aliphatic rings. The molecular formula is C30H33ClN4O6. The molecule has 0 aliphatic heterocycles. The van der Waals surface area contributed by atoms with Gasteiger partial charge in [-0.15, -0.1) is 0 Å². The second-order valence-electron chi connectivity index (χ2n) is 9.08. The van der Waals surface area contributed by atoms with E-state index in [2.05, 4.69) is 15.6 Å². The van der Waals surface area contributed by atoms with Crippen molar-refractivity contribution >= 4 is 35.3 Å². The van der Waals surface area contributed by atoms with Crippen molar-refractivity contribution in [3.63, 3.8) is 0 Å². The minimum absolute atomic E-state index is 0.0218.